The minimum Gasteiger partial charge on any atom is -0.489 e. The van der Waals surface area contributed by atoms with Crippen molar-refractivity contribution in [2.24, 2.45) is 0 Å². The number of halogens is 2. The molecule has 3 aromatic rings. The van der Waals surface area contributed by atoms with Crippen LogP contribution in [0.2, 0.25) is 5.02 Å². The van der Waals surface area contributed by atoms with Gasteiger partial charge in [-0.15, -0.1) is 0 Å². The fourth-order valence-electron chi connectivity index (χ4n) is 2.68. The topological polar surface area (TPSA) is 62.1 Å². The number of amides is 1. The first-order valence-electron chi connectivity index (χ1n) is 9.11. The maximum absolute atomic E-state index is 12.5. The maximum Gasteiger partial charge on any atom is 0.266 e. The lowest BCUT2D eigenvalue weighted by atomic mass is 10.1. The van der Waals surface area contributed by atoms with Crippen LogP contribution in [0.4, 0.5) is 5.69 Å². The van der Waals surface area contributed by atoms with Crippen molar-refractivity contribution >= 4 is 45.2 Å². The van der Waals surface area contributed by atoms with Gasteiger partial charge < -0.3 is 10.1 Å². The van der Waals surface area contributed by atoms with Crippen molar-refractivity contribution in [1.82, 2.24) is 0 Å². The minimum absolute atomic E-state index is 0.00730. The number of hydrogen-bond acceptors (Lipinski definition) is 3. The summed E-state index contributed by atoms with van der Waals surface area (Å²) in [5, 5.41) is 12.7. The molecule has 0 aliphatic heterocycles. The highest BCUT2D eigenvalue weighted by molar-refractivity contribution is 9.10. The van der Waals surface area contributed by atoms with E-state index in [1.165, 1.54) is 0 Å². The van der Waals surface area contributed by atoms with E-state index in [4.69, 9.17) is 16.3 Å². The number of anilines is 1. The molecule has 0 aliphatic rings. The molecule has 1 N–H and O–H groups in total. The van der Waals surface area contributed by atoms with Crippen molar-refractivity contribution in [3.63, 3.8) is 0 Å². The molecule has 0 saturated carbocycles. The normalized spacial score (nSPS) is 10.9. The van der Waals surface area contributed by atoms with Crippen LogP contribution in [0.1, 0.15) is 16.7 Å². The molecule has 0 saturated heterocycles. The molecule has 0 aromatic heterocycles. The second-order valence-corrected chi connectivity index (χ2v) is 7.92. The molecule has 3 rings (SSSR count). The van der Waals surface area contributed by atoms with Gasteiger partial charge in [0.1, 0.15) is 24.0 Å². The predicted molar refractivity (Wildman–Crippen MR) is 123 cm³/mol. The van der Waals surface area contributed by atoms with E-state index in [1.807, 2.05) is 37.3 Å². The molecule has 1 amide bonds. The summed E-state index contributed by atoms with van der Waals surface area (Å²) in [5.41, 5.74) is 3.23. The lowest BCUT2D eigenvalue weighted by Crippen LogP contribution is -2.14. The van der Waals surface area contributed by atoms with Crippen LogP contribution in [-0.4, -0.2) is 5.91 Å². The summed E-state index contributed by atoms with van der Waals surface area (Å²) in [7, 11) is 0. The van der Waals surface area contributed by atoms with E-state index in [1.54, 1.807) is 48.5 Å². The summed E-state index contributed by atoms with van der Waals surface area (Å²) in [6, 6.07) is 22.2. The average Bonchev–Trinajstić information content (AvgIpc) is 2.74. The number of benzene rings is 3. The van der Waals surface area contributed by atoms with Crippen LogP contribution in [0.5, 0.6) is 5.75 Å². The van der Waals surface area contributed by atoms with Gasteiger partial charge in [-0.2, -0.15) is 5.26 Å². The fraction of sp³-hybridized carbons (Fsp3) is 0.0833. The van der Waals surface area contributed by atoms with Crippen LogP contribution in [0.15, 0.2) is 76.8 Å². The van der Waals surface area contributed by atoms with Gasteiger partial charge in [0.15, 0.2) is 0 Å². The number of hydrogen-bond donors (Lipinski definition) is 1. The van der Waals surface area contributed by atoms with Crippen LogP contribution in [0, 0.1) is 18.3 Å². The molecular formula is C24H18BrClN2O2. The van der Waals surface area contributed by atoms with E-state index in [-0.39, 0.29) is 5.57 Å². The Labute approximate surface area is 188 Å². The molecule has 30 heavy (non-hydrogen) atoms. The van der Waals surface area contributed by atoms with Crippen LogP contribution >= 0.6 is 27.5 Å². The smallest absolute Gasteiger partial charge is 0.266 e. The largest absolute Gasteiger partial charge is 0.489 e. The molecule has 0 bridgehead atoms. The van der Waals surface area contributed by atoms with Crippen molar-refractivity contribution < 1.29 is 9.53 Å². The van der Waals surface area contributed by atoms with Gasteiger partial charge in [-0.25, -0.2) is 0 Å². The number of ether oxygens (including phenoxy) is 1. The van der Waals surface area contributed by atoms with E-state index in [0.29, 0.717) is 23.1 Å². The van der Waals surface area contributed by atoms with Gasteiger partial charge in [0, 0.05) is 15.2 Å². The van der Waals surface area contributed by atoms with Crippen LogP contribution in [0.3, 0.4) is 0 Å². The summed E-state index contributed by atoms with van der Waals surface area (Å²) in [4.78, 5) is 12.5. The van der Waals surface area contributed by atoms with E-state index in [0.717, 1.165) is 21.2 Å². The molecule has 3 aromatic carbocycles. The van der Waals surface area contributed by atoms with Gasteiger partial charge in [0.05, 0.1) is 0 Å². The number of rotatable bonds is 6. The van der Waals surface area contributed by atoms with Gasteiger partial charge in [-0.1, -0.05) is 51.8 Å². The second-order valence-electron chi connectivity index (χ2n) is 6.57. The van der Waals surface area contributed by atoms with Crippen molar-refractivity contribution in [3.05, 3.63) is 98.5 Å². The quantitative estimate of drug-likeness (QED) is 0.321. The Morgan fingerprint density at radius 1 is 1.13 bits per heavy atom. The molecule has 0 fully saturated rings. The highest BCUT2D eigenvalue weighted by Gasteiger charge is 2.11. The van der Waals surface area contributed by atoms with Gasteiger partial charge in [-0.3, -0.25) is 4.79 Å². The molecule has 4 nitrogen and oxygen atoms in total. The Morgan fingerprint density at radius 2 is 1.83 bits per heavy atom. The number of carbonyl (C=O) groups is 1. The number of nitriles is 1. The third-order valence-corrected chi connectivity index (χ3v) is 5.08. The molecule has 6 heteroatoms. The highest BCUT2D eigenvalue weighted by atomic mass is 79.9. The second kappa shape index (κ2) is 10.1. The van der Waals surface area contributed by atoms with Crippen LogP contribution in [0.25, 0.3) is 6.08 Å². The summed E-state index contributed by atoms with van der Waals surface area (Å²) in [6.07, 6.45) is 1.54. The molecule has 0 unspecified atom stereocenters. The Balaban J connectivity index is 1.65. The number of carbonyl (C=O) groups excluding carboxylic acids is 1. The summed E-state index contributed by atoms with van der Waals surface area (Å²) < 4.78 is 6.80. The molecule has 0 spiro atoms. The Kier molecular flexibility index (Phi) is 7.29. The summed E-state index contributed by atoms with van der Waals surface area (Å²) in [6.45, 7) is 2.29. The van der Waals surface area contributed by atoms with E-state index in [9.17, 15) is 10.1 Å². The lowest BCUT2D eigenvalue weighted by molar-refractivity contribution is -0.112. The lowest BCUT2D eigenvalue weighted by Gasteiger charge is -2.08. The maximum atomic E-state index is 12.5. The van der Waals surface area contributed by atoms with Gasteiger partial charge in [0.2, 0.25) is 0 Å². The Hall–Kier alpha value is -3.07. The number of aryl methyl sites for hydroxylation is 1. The SMILES string of the molecule is Cc1cc(Cl)ccc1NC(=O)/C(C#N)=C/c1ccc(OCc2ccc(Br)cc2)cc1. The molecule has 0 aliphatic carbocycles. The van der Waals surface area contributed by atoms with Crippen molar-refractivity contribution in [3.8, 4) is 11.8 Å². The molecule has 150 valence electrons. The Morgan fingerprint density at radius 3 is 2.47 bits per heavy atom. The Bertz CT molecular complexity index is 1120. The fourth-order valence-corrected chi connectivity index (χ4v) is 3.17. The molecular weight excluding hydrogens is 464 g/mol. The molecule has 0 heterocycles. The van der Waals surface area contributed by atoms with Crippen LogP contribution < -0.4 is 10.1 Å². The molecule has 0 atom stereocenters. The van der Waals surface area contributed by atoms with E-state index >= 15 is 0 Å². The standard InChI is InChI=1S/C24H18BrClN2O2/c1-16-12-21(26)8-11-23(16)28-24(29)19(14-27)13-17-4-9-22(10-5-17)30-15-18-2-6-20(25)7-3-18/h2-13H,15H2,1H3,(H,28,29)/b19-13+. The summed E-state index contributed by atoms with van der Waals surface area (Å²) >= 11 is 9.34. The first-order chi connectivity index (χ1) is 14.4. The third-order valence-electron chi connectivity index (χ3n) is 4.31. The zero-order valence-electron chi connectivity index (χ0n) is 16.2. The average molecular weight is 482 g/mol. The zero-order chi connectivity index (χ0) is 21.5. The van der Waals surface area contributed by atoms with E-state index in [2.05, 4.69) is 21.2 Å². The van der Waals surface area contributed by atoms with Crippen LogP contribution in [-0.2, 0) is 11.4 Å². The van der Waals surface area contributed by atoms with Crippen molar-refractivity contribution in [2.45, 2.75) is 13.5 Å². The van der Waals surface area contributed by atoms with Gasteiger partial charge in [-0.05, 0) is 72.2 Å². The monoisotopic (exact) mass is 480 g/mol. The first kappa shape index (κ1) is 21.6. The number of nitrogens with zero attached hydrogens (tertiary/aromatic N) is 1. The highest BCUT2D eigenvalue weighted by Crippen LogP contribution is 2.21. The zero-order valence-corrected chi connectivity index (χ0v) is 18.5. The van der Waals surface area contributed by atoms with Gasteiger partial charge in [0.25, 0.3) is 5.91 Å². The van der Waals surface area contributed by atoms with Crippen molar-refractivity contribution in [2.75, 3.05) is 5.32 Å². The van der Waals surface area contributed by atoms with Gasteiger partial charge >= 0.3 is 0 Å². The van der Waals surface area contributed by atoms with Crippen molar-refractivity contribution in [1.29, 1.82) is 5.26 Å². The minimum atomic E-state index is -0.474. The summed E-state index contributed by atoms with van der Waals surface area (Å²) in [5.74, 6) is 0.230. The molecule has 0 radical (unpaired) electrons. The third kappa shape index (κ3) is 5.96. The first-order valence-corrected chi connectivity index (χ1v) is 10.3. The van der Waals surface area contributed by atoms with E-state index < -0.39 is 5.91 Å². The predicted octanol–water partition coefficient (Wildman–Crippen LogP) is 6.54. The number of nitrogens with one attached hydrogen (secondary N) is 1.